The average molecular weight is 286 g/mol. The van der Waals surface area contributed by atoms with E-state index >= 15 is 0 Å². The summed E-state index contributed by atoms with van der Waals surface area (Å²) in [6, 6.07) is 5.43. The van der Waals surface area contributed by atoms with Gasteiger partial charge in [0.05, 0.1) is 19.9 Å². The molecule has 2 heterocycles. The molecule has 4 N–H and O–H groups in total. The minimum Gasteiger partial charge on any atom is -0.497 e. The molecule has 3 rings (SSSR count). The van der Waals surface area contributed by atoms with Gasteiger partial charge >= 0.3 is 0 Å². The summed E-state index contributed by atoms with van der Waals surface area (Å²) in [4.78, 5) is 12.3. The number of aromatic nitrogens is 4. The van der Waals surface area contributed by atoms with Crippen molar-refractivity contribution in [1.29, 1.82) is 0 Å². The maximum absolute atomic E-state index is 5.81. The van der Waals surface area contributed by atoms with E-state index in [0.29, 0.717) is 22.7 Å². The molecular weight excluding hydrogens is 272 g/mol. The van der Waals surface area contributed by atoms with Gasteiger partial charge in [-0.25, -0.2) is 4.98 Å². The number of methoxy groups -OCH3 is 2. The maximum atomic E-state index is 5.81. The van der Waals surface area contributed by atoms with Crippen LogP contribution in [0.15, 0.2) is 24.5 Å². The van der Waals surface area contributed by atoms with Gasteiger partial charge in [-0.3, -0.25) is 4.57 Å². The van der Waals surface area contributed by atoms with Gasteiger partial charge in [0.2, 0.25) is 5.95 Å². The number of ether oxygens (including phenoxy) is 2. The number of fused-ring (bicyclic) bond motifs is 1. The van der Waals surface area contributed by atoms with Gasteiger partial charge < -0.3 is 20.9 Å². The molecule has 0 saturated carbocycles. The molecule has 3 aromatic rings. The Labute approximate surface area is 120 Å². The molecule has 0 spiro atoms. The zero-order valence-electron chi connectivity index (χ0n) is 11.6. The predicted octanol–water partition coefficient (Wildman–Crippen LogP) is 0.997. The van der Waals surface area contributed by atoms with E-state index in [-0.39, 0.29) is 11.8 Å². The number of nitrogen functional groups attached to an aromatic ring is 2. The Bertz CT molecular complexity index is 814. The van der Waals surface area contributed by atoms with Crippen molar-refractivity contribution in [2.45, 2.75) is 0 Å². The molecule has 0 radical (unpaired) electrons. The van der Waals surface area contributed by atoms with Crippen molar-refractivity contribution in [3.8, 4) is 17.2 Å². The van der Waals surface area contributed by atoms with E-state index < -0.39 is 0 Å². The summed E-state index contributed by atoms with van der Waals surface area (Å²) in [5.74, 6) is 1.64. The first kappa shape index (κ1) is 13.0. The van der Waals surface area contributed by atoms with Crippen LogP contribution in [0.4, 0.5) is 11.8 Å². The van der Waals surface area contributed by atoms with Crippen molar-refractivity contribution in [3.05, 3.63) is 24.5 Å². The van der Waals surface area contributed by atoms with Gasteiger partial charge in [0.1, 0.15) is 17.8 Å². The summed E-state index contributed by atoms with van der Waals surface area (Å²) in [5.41, 5.74) is 13.2. The molecule has 8 nitrogen and oxygen atoms in total. The SMILES string of the molecule is COc1ccc(-n2cnc3c(N)nc(N)nc32)c(OC)c1. The summed E-state index contributed by atoms with van der Waals surface area (Å²) in [5, 5.41) is 0. The third kappa shape index (κ3) is 2.06. The average Bonchev–Trinajstić information content (AvgIpc) is 2.90. The Balaban J connectivity index is 2.25. The van der Waals surface area contributed by atoms with Crippen molar-refractivity contribution in [2.75, 3.05) is 25.7 Å². The van der Waals surface area contributed by atoms with Crippen molar-refractivity contribution in [1.82, 2.24) is 19.5 Å². The summed E-state index contributed by atoms with van der Waals surface area (Å²) >= 11 is 0. The minimum atomic E-state index is 0.0919. The number of imidazole rings is 1. The molecule has 0 amide bonds. The summed E-state index contributed by atoms with van der Waals surface area (Å²) in [6.45, 7) is 0. The van der Waals surface area contributed by atoms with Crippen LogP contribution < -0.4 is 20.9 Å². The Hall–Kier alpha value is -3.03. The van der Waals surface area contributed by atoms with Gasteiger partial charge in [0, 0.05) is 6.07 Å². The molecule has 0 unspecified atom stereocenters. The van der Waals surface area contributed by atoms with Gasteiger partial charge in [-0.2, -0.15) is 9.97 Å². The van der Waals surface area contributed by atoms with E-state index in [4.69, 9.17) is 20.9 Å². The molecule has 0 bridgehead atoms. The molecule has 0 aliphatic carbocycles. The van der Waals surface area contributed by atoms with Crippen LogP contribution in [0, 0.1) is 0 Å². The number of nitrogens with zero attached hydrogens (tertiary/aromatic N) is 4. The van der Waals surface area contributed by atoms with Crippen LogP contribution in [0.2, 0.25) is 0 Å². The summed E-state index contributed by atoms with van der Waals surface area (Å²) in [7, 11) is 3.17. The molecule has 0 atom stereocenters. The first-order valence-electron chi connectivity index (χ1n) is 6.12. The predicted molar refractivity (Wildman–Crippen MR) is 78.6 cm³/mol. The van der Waals surface area contributed by atoms with Gasteiger partial charge in [0.15, 0.2) is 17.0 Å². The van der Waals surface area contributed by atoms with Gasteiger partial charge in [0.25, 0.3) is 0 Å². The highest BCUT2D eigenvalue weighted by Crippen LogP contribution is 2.30. The fraction of sp³-hybridized carbons (Fsp3) is 0.154. The molecule has 0 aliphatic heterocycles. The van der Waals surface area contributed by atoms with Crippen LogP contribution in [0.1, 0.15) is 0 Å². The van der Waals surface area contributed by atoms with Crippen LogP contribution in [0.25, 0.3) is 16.9 Å². The quantitative estimate of drug-likeness (QED) is 0.738. The second kappa shape index (κ2) is 4.82. The fourth-order valence-corrected chi connectivity index (χ4v) is 2.10. The zero-order chi connectivity index (χ0) is 15.0. The van der Waals surface area contributed by atoms with Gasteiger partial charge in [-0.05, 0) is 12.1 Å². The van der Waals surface area contributed by atoms with Gasteiger partial charge in [-0.1, -0.05) is 0 Å². The second-order valence-corrected chi connectivity index (χ2v) is 4.29. The first-order valence-corrected chi connectivity index (χ1v) is 6.12. The zero-order valence-corrected chi connectivity index (χ0v) is 11.6. The van der Waals surface area contributed by atoms with Crippen LogP contribution in [0.3, 0.4) is 0 Å². The van der Waals surface area contributed by atoms with Gasteiger partial charge in [-0.15, -0.1) is 0 Å². The standard InChI is InChI=1S/C13H14N6O2/c1-20-7-3-4-8(9(5-7)21-2)19-6-16-10-11(14)17-13(15)18-12(10)19/h3-6H,1-2H3,(H4,14,15,17,18). The molecular formula is C13H14N6O2. The highest BCUT2D eigenvalue weighted by molar-refractivity contribution is 5.84. The lowest BCUT2D eigenvalue weighted by Crippen LogP contribution is -2.03. The largest absolute Gasteiger partial charge is 0.497 e. The second-order valence-electron chi connectivity index (χ2n) is 4.29. The summed E-state index contributed by atoms with van der Waals surface area (Å²) < 4.78 is 12.3. The Morgan fingerprint density at radius 1 is 1.10 bits per heavy atom. The normalized spacial score (nSPS) is 10.8. The highest BCUT2D eigenvalue weighted by atomic mass is 16.5. The van der Waals surface area contributed by atoms with Crippen LogP contribution >= 0.6 is 0 Å². The minimum absolute atomic E-state index is 0.0919. The van der Waals surface area contributed by atoms with Crippen LogP contribution in [-0.2, 0) is 0 Å². The molecule has 1 aromatic carbocycles. The smallest absolute Gasteiger partial charge is 0.224 e. The van der Waals surface area contributed by atoms with Crippen LogP contribution in [0.5, 0.6) is 11.5 Å². The molecule has 0 aliphatic rings. The summed E-state index contributed by atoms with van der Waals surface area (Å²) in [6.07, 6.45) is 1.60. The van der Waals surface area contributed by atoms with Crippen LogP contribution in [-0.4, -0.2) is 33.7 Å². The molecule has 21 heavy (non-hydrogen) atoms. The van der Waals surface area contributed by atoms with Crippen molar-refractivity contribution < 1.29 is 9.47 Å². The molecule has 2 aromatic heterocycles. The third-order valence-corrected chi connectivity index (χ3v) is 3.09. The maximum Gasteiger partial charge on any atom is 0.224 e. The van der Waals surface area contributed by atoms with Crippen molar-refractivity contribution >= 4 is 22.9 Å². The highest BCUT2D eigenvalue weighted by Gasteiger charge is 2.14. The Morgan fingerprint density at radius 3 is 2.62 bits per heavy atom. The van der Waals surface area contributed by atoms with Crippen molar-refractivity contribution in [3.63, 3.8) is 0 Å². The Morgan fingerprint density at radius 2 is 1.90 bits per heavy atom. The van der Waals surface area contributed by atoms with Crippen molar-refractivity contribution in [2.24, 2.45) is 0 Å². The topological polar surface area (TPSA) is 114 Å². The lowest BCUT2D eigenvalue weighted by molar-refractivity contribution is 0.393. The number of anilines is 2. The lowest BCUT2D eigenvalue weighted by atomic mass is 10.2. The third-order valence-electron chi connectivity index (χ3n) is 3.09. The van der Waals surface area contributed by atoms with E-state index in [1.54, 1.807) is 31.2 Å². The number of nitrogens with two attached hydrogens (primary N) is 2. The fourth-order valence-electron chi connectivity index (χ4n) is 2.10. The van der Waals surface area contributed by atoms with E-state index in [9.17, 15) is 0 Å². The number of rotatable bonds is 3. The number of hydrogen-bond donors (Lipinski definition) is 2. The lowest BCUT2D eigenvalue weighted by Gasteiger charge is -2.11. The molecule has 8 heteroatoms. The van der Waals surface area contributed by atoms with E-state index in [1.807, 2.05) is 12.1 Å². The molecule has 0 fully saturated rings. The van der Waals surface area contributed by atoms with E-state index in [2.05, 4.69) is 15.0 Å². The Kier molecular flexibility index (Phi) is 2.98. The number of benzene rings is 1. The van der Waals surface area contributed by atoms with E-state index in [0.717, 1.165) is 5.69 Å². The van der Waals surface area contributed by atoms with E-state index in [1.165, 1.54) is 0 Å². The molecule has 108 valence electrons. The first-order chi connectivity index (χ1) is 10.1. The molecule has 0 saturated heterocycles. The number of hydrogen-bond acceptors (Lipinski definition) is 7. The monoisotopic (exact) mass is 286 g/mol.